The Morgan fingerprint density at radius 3 is 2.54 bits per heavy atom. The molecule has 2 aromatic carbocycles. The lowest BCUT2D eigenvalue weighted by Gasteiger charge is -2.46. The van der Waals surface area contributed by atoms with Crippen molar-refractivity contribution in [2.24, 2.45) is 0 Å². The second-order valence-electron chi connectivity index (χ2n) is 7.41. The molecule has 3 heterocycles. The van der Waals surface area contributed by atoms with Crippen LogP contribution in [0.1, 0.15) is 18.5 Å². The number of carbonyl (C=O) groups excluding carboxylic acids is 1. The largest absolute Gasteiger partial charge is 0.372 e. The Kier molecular flexibility index (Phi) is 3.86. The third-order valence-corrected chi connectivity index (χ3v) is 5.78. The summed E-state index contributed by atoms with van der Waals surface area (Å²) in [4.78, 5) is 14.4. The fourth-order valence-electron chi connectivity index (χ4n) is 4.30. The molecule has 1 spiro atoms. The van der Waals surface area contributed by atoms with E-state index in [4.69, 9.17) is 0 Å². The molecule has 2 N–H and O–H groups in total. The summed E-state index contributed by atoms with van der Waals surface area (Å²) in [5.41, 5.74) is 3.94. The van der Waals surface area contributed by atoms with Crippen molar-refractivity contribution in [1.29, 1.82) is 0 Å². The van der Waals surface area contributed by atoms with Crippen molar-refractivity contribution in [3.63, 3.8) is 0 Å². The van der Waals surface area contributed by atoms with Crippen LogP contribution in [-0.4, -0.2) is 28.6 Å². The van der Waals surface area contributed by atoms with Crippen molar-refractivity contribution >= 4 is 17.4 Å². The monoisotopic (exact) mass is 376 g/mol. The Labute approximate surface area is 162 Å². The van der Waals surface area contributed by atoms with Crippen LogP contribution in [0, 0.1) is 5.82 Å². The number of anilines is 2. The van der Waals surface area contributed by atoms with E-state index < -0.39 is 0 Å². The number of nitrogens with one attached hydrogen (secondary N) is 2. The number of aromatic nitrogens is 1. The maximum atomic E-state index is 13.0. The molecule has 5 rings (SSSR count). The van der Waals surface area contributed by atoms with Crippen molar-refractivity contribution in [3.8, 4) is 5.69 Å². The van der Waals surface area contributed by atoms with Gasteiger partial charge in [0.2, 0.25) is 0 Å². The number of nitrogens with zero attached hydrogens (tertiary/aromatic N) is 2. The van der Waals surface area contributed by atoms with Crippen LogP contribution < -0.4 is 10.6 Å². The summed E-state index contributed by atoms with van der Waals surface area (Å²) < 4.78 is 15.3. The molecule has 3 aromatic rings. The van der Waals surface area contributed by atoms with Crippen LogP contribution in [0.3, 0.4) is 0 Å². The first-order chi connectivity index (χ1) is 13.6. The van der Waals surface area contributed by atoms with Gasteiger partial charge in [-0.3, -0.25) is 0 Å². The van der Waals surface area contributed by atoms with Crippen LogP contribution in [0.5, 0.6) is 0 Å². The summed E-state index contributed by atoms with van der Waals surface area (Å²) >= 11 is 0. The maximum absolute atomic E-state index is 13.0. The number of hydrogen-bond donors (Lipinski definition) is 2. The molecule has 1 saturated heterocycles. The minimum absolute atomic E-state index is 0.145. The molecule has 5 nitrogen and oxygen atoms in total. The van der Waals surface area contributed by atoms with Crippen molar-refractivity contribution in [2.45, 2.75) is 18.4 Å². The number of carbonyl (C=O) groups is 1. The highest BCUT2D eigenvalue weighted by Crippen LogP contribution is 2.43. The first-order valence-corrected chi connectivity index (χ1v) is 9.52. The number of hydrogen-bond acceptors (Lipinski definition) is 2. The highest BCUT2D eigenvalue weighted by atomic mass is 19.1. The summed E-state index contributed by atoms with van der Waals surface area (Å²) in [6, 6.07) is 18.2. The van der Waals surface area contributed by atoms with Gasteiger partial charge >= 0.3 is 6.03 Å². The first-order valence-electron chi connectivity index (χ1n) is 9.52. The number of piperidine rings is 1. The molecule has 1 aromatic heterocycles. The maximum Gasteiger partial charge on any atom is 0.321 e. The van der Waals surface area contributed by atoms with Gasteiger partial charge in [-0.1, -0.05) is 12.1 Å². The van der Waals surface area contributed by atoms with Gasteiger partial charge in [-0.25, -0.2) is 9.18 Å². The summed E-state index contributed by atoms with van der Waals surface area (Å²) in [6.07, 6.45) is 3.74. The minimum atomic E-state index is -0.315. The number of para-hydroxylation sites is 2. The number of likely N-dealkylation sites (tertiary alicyclic amines) is 1. The van der Waals surface area contributed by atoms with E-state index in [2.05, 4.69) is 45.7 Å². The third kappa shape index (κ3) is 2.72. The summed E-state index contributed by atoms with van der Waals surface area (Å²) in [5.74, 6) is -0.315. The third-order valence-electron chi connectivity index (χ3n) is 5.78. The average Bonchev–Trinajstić information content (AvgIpc) is 3.22. The first kappa shape index (κ1) is 16.9. The molecule has 28 heavy (non-hydrogen) atoms. The smallest absolute Gasteiger partial charge is 0.321 e. The van der Waals surface area contributed by atoms with Crippen molar-refractivity contribution in [1.82, 2.24) is 9.47 Å². The van der Waals surface area contributed by atoms with Crippen LogP contribution >= 0.6 is 0 Å². The topological polar surface area (TPSA) is 49.3 Å². The molecule has 0 radical (unpaired) electrons. The number of fused-ring (bicyclic) bond motifs is 4. The highest BCUT2D eigenvalue weighted by Gasteiger charge is 2.42. The van der Waals surface area contributed by atoms with Crippen LogP contribution in [0.25, 0.3) is 5.69 Å². The molecule has 0 aliphatic carbocycles. The second kappa shape index (κ2) is 6.41. The fraction of sp³-hybridized carbons (Fsp3) is 0.227. The van der Waals surface area contributed by atoms with Gasteiger partial charge in [-0.2, -0.15) is 0 Å². The molecule has 0 bridgehead atoms. The highest BCUT2D eigenvalue weighted by molar-refractivity contribution is 5.89. The second-order valence-corrected chi connectivity index (χ2v) is 7.41. The predicted octanol–water partition coefficient (Wildman–Crippen LogP) is 4.57. The van der Waals surface area contributed by atoms with Crippen molar-refractivity contribution in [2.75, 3.05) is 23.7 Å². The normalized spacial score (nSPS) is 16.8. The average molecular weight is 376 g/mol. The number of benzene rings is 2. The van der Waals surface area contributed by atoms with Gasteiger partial charge in [0.25, 0.3) is 0 Å². The van der Waals surface area contributed by atoms with Gasteiger partial charge in [0, 0.05) is 30.7 Å². The molecule has 0 saturated carbocycles. The van der Waals surface area contributed by atoms with E-state index in [0.717, 1.165) is 24.2 Å². The standard InChI is InChI=1S/C22H21FN4O/c23-16-7-9-17(10-8-16)24-21(28)26-14-11-22(12-15-26)20-6-3-13-27(20)19-5-2-1-4-18(19)25-22/h1-10,13,25H,11-12,14-15H2,(H,24,28). The molecule has 2 aliphatic rings. The number of halogens is 1. The Morgan fingerprint density at radius 1 is 1.00 bits per heavy atom. The Bertz CT molecular complexity index is 1020. The fourth-order valence-corrected chi connectivity index (χ4v) is 4.30. The summed E-state index contributed by atoms with van der Waals surface area (Å²) in [6.45, 7) is 1.29. The van der Waals surface area contributed by atoms with E-state index in [1.54, 1.807) is 12.1 Å². The van der Waals surface area contributed by atoms with E-state index in [1.807, 2.05) is 17.0 Å². The Morgan fingerprint density at radius 2 is 1.75 bits per heavy atom. The zero-order valence-corrected chi connectivity index (χ0v) is 15.4. The van der Waals surface area contributed by atoms with Crippen LogP contribution in [-0.2, 0) is 5.54 Å². The van der Waals surface area contributed by atoms with Gasteiger partial charge in [-0.15, -0.1) is 0 Å². The Balaban J connectivity index is 1.33. The predicted molar refractivity (Wildman–Crippen MR) is 107 cm³/mol. The van der Waals surface area contributed by atoms with Crippen molar-refractivity contribution in [3.05, 3.63) is 78.4 Å². The number of amides is 2. The van der Waals surface area contributed by atoms with Gasteiger partial charge in [0.1, 0.15) is 5.82 Å². The molecule has 2 aliphatic heterocycles. The van der Waals surface area contributed by atoms with E-state index in [1.165, 1.54) is 17.8 Å². The lowest BCUT2D eigenvalue weighted by atomic mass is 9.82. The van der Waals surface area contributed by atoms with Crippen LogP contribution in [0.4, 0.5) is 20.6 Å². The molecular formula is C22H21FN4O. The lowest BCUT2D eigenvalue weighted by molar-refractivity contribution is 0.174. The van der Waals surface area contributed by atoms with Gasteiger partial charge < -0.3 is 20.1 Å². The van der Waals surface area contributed by atoms with Gasteiger partial charge in [0.15, 0.2) is 0 Å². The van der Waals surface area contributed by atoms with Crippen LogP contribution in [0.15, 0.2) is 66.9 Å². The van der Waals surface area contributed by atoms with Crippen LogP contribution in [0.2, 0.25) is 0 Å². The lowest BCUT2D eigenvalue weighted by Crippen LogP contribution is -2.51. The molecule has 142 valence electrons. The number of rotatable bonds is 1. The Hall–Kier alpha value is -3.28. The molecule has 0 atom stereocenters. The molecule has 2 amide bonds. The summed E-state index contributed by atoms with van der Waals surface area (Å²) in [5, 5.41) is 6.60. The van der Waals surface area contributed by atoms with Crippen molar-refractivity contribution < 1.29 is 9.18 Å². The number of urea groups is 1. The minimum Gasteiger partial charge on any atom is -0.372 e. The zero-order chi connectivity index (χ0) is 19.1. The van der Waals surface area contributed by atoms with E-state index >= 15 is 0 Å². The van der Waals surface area contributed by atoms with Gasteiger partial charge in [-0.05, 0) is 61.4 Å². The van der Waals surface area contributed by atoms with Gasteiger partial charge in [0.05, 0.1) is 16.9 Å². The molecule has 0 unspecified atom stereocenters. The zero-order valence-electron chi connectivity index (χ0n) is 15.4. The van der Waals surface area contributed by atoms with E-state index in [-0.39, 0.29) is 17.4 Å². The van der Waals surface area contributed by atoms with E-state index in [9.17, 15) is 9.18 Å². The molecule has 6 heteroatoms. The SMILES string of the molecule is O=C(Nc1ccc(F)cc1)N1CCC2(CC1)Nc1ccccc1-n1cccc12. The molecular weight excluding hydrogens is 355 g/mol. The molecule has 1 fully saturated rings. The summed E-state index contributed by atoms with van der Waals surface area (Å²) in [7, 11) is 0. The quantitative estimate of drug-likeness (QED) is 0.654. The van der Waals surface area contributed by atoms with E-state index in [0.29, 0.717) is 18.8 Å².